The standard InChI is InChI=1S/C33H42ClN3O5/c1-33(2,25-14-9-15-26(34)20-25)29(23-12-7-4-8-13-23)42-32(41)37-28(18-22-10-5-3-6-11-22)31(40)36-27(21-38)19-24-16-17-35-30(24)39/h4,7-9,12-15,20-22,24,27-29H,3,5-6,10-11,16-19H2,1-2H3,(H,35,39)(H,36,40)(H,37,41)/t24-,27-,28-,29?/m0/s1. The van der Waals surface area contributed by atoms with Crippen molar-refractivity contribution in [1.29, 1.82) is 0 Å². The van der Waals surface area contributed by atoms with Gasteiger partial charge in [0.25, 0.3) is 0 Å². The summed E-state index contributed by atoms with van der Waals surface area (Å²) in [6, 6.07) is 15.3. The minimum atomic E-state index is -0.883. The SMILES string of the molecule is CC(C)(c1cccc(Cl)c1)C(OC(=O)N[C@@H](CC1CCCCC1)C(=O)N[C@H](C=O)C[C@@H]1CCNC1=O)c1ccccc1. The van der Waals surface area contributed by atoms with Gasteiger partial charge in [-0.2, -0.15) is 0 Å². The van der Waals surface area contributed by atoms with Crippen LogP contribution < -0.4 is 16.0 Å². The minimum Gasteiger partial charge on any atom is -0.440 e. The molecule has 2 aromatic rings. The van der Waals surface area contributed by atoms with Gasteiger partial charge < -0.3 is 25.5 Å². The number of ether oxygens (including phenoxy) is 1. The number of aldehydes is 1. The van der Waals surface area contributed by atoms with Crippen LogP contribution in [0.3, 0.4) is 0 Å². The van der Waals surface area contributed by atoms with Crippen molar-refractivity contribution in [2.24, 2.45) is 11.8 Å². The Morgan fingerprint density at radius 2 is 1.76 bits per heavy atom. The first-order valence-corrected chi connectivity index (χ1v) is 15.4. The second-order valence-electron chi connectivity index (χ2n) is 12.1. The van der Waals surface area contributed by atoms with E-state index in [-0.39, 0.29) is 24.2 Å². The number of amides is 3. The van der Waals surface area contributed by atoms with E-state index in [1.54, 1.807) is 6.07 Å². The summed E-state index contributed by atoms with van der Waals surface area (Å²) in [6.45, 7) is 4.54. The highest BCUT2D eigenvalue weighted by atomic mass is 35.5. The molecular weight excluding hydrogens is 554 g/mol. The number of rotatable bonds is 12. The van der Waals surface area contributed by atoms with Crippen molar-refractivity contribution in [3.8, 4) is 0 Å². The van der Waals surface area contributed by atoms with Crippen molar-refractivity contribution in [3.63, 3.8) is 0 Å². The summed E-state index contributed by atoms with van der Waals surface area (Å²) in [4.78, 5) is 51.0. The van der Waals surface area contributed by atoms with E-state index in [2.05, 4.69) is 16.0 Å². The van der Waals surface area contributed by atoms with E-state index in [0.29, 0.717) is 30.7 Å². The van der Waals surface area contributed by atoms with E-state index >= 15 is 0 Å². The Balaban J connectivity index is 1.52. The molecule has 1 saturated carbocycles. The molecule has 1 unspecified atom stereocenters. The molecule has 0 bridgehead atoms. The highest BCUT2D eigenvalue weighted by molar-refractivity contribution is 6.30. The number of carbonyl (C=O) groups is 4. The predicted octanol–water partition coefficient (Wildman–Crippen LogP) is 5.63. The van der Waals surface area contributed by atoms with Crippen molar-refractivity contribution < 1.29 is 23.9 Å². The summed E-state index contributed by atoms with van der Waals surface area (Å²) in [5, 5.41) is 8.97. The zero-order valence-electron chi connectivity index (χ0n) is 24.4. The van der Waals surface area contributed by atoms with Crippen LogP contribution in [0.1, 0.15) is 82.4 Å². The fourth-order valence-electron chi connectivity index (χ4n) is 6.18. The highest BCUT2D eigenvalue weighted by Crippen LogP contribution is 2.40. The zero-order chi connectivity index (χ0) is 30.1. The Morgan fingerprint density at radius 3 is 2.40 bits per heavy atom. The molecule has 2 aliphatic rings. The number of alkyl carbamates (subject to hydrolysis) is 1. The van der Waals surface area contributed by atoms with Gasteiger partial charge in [-0.25, -0.2) is 4.79 Å². The molecule has 2 aromatic carbocycles. The lowest BCUT2D eigenvalue weighted by atomic mass is 9.76. The molecule has 3 N–H and O–H groups in total. The van der Waals surface area contributed by atoms with Gasteiger partial charge in [0.15, 0.2) is 0 Å². The monoisotopic (exact) mass is 595 g/mol. The van der Waals surface area contributed by atoms with Crippen LogP contribution in [-0.2, 0) is 24.5 Å². The van der Waals surface area contributed by atoms with Crippen molar-refractivity contribution in [3.05, 3.63) is 70.7 Å². The largest absolute Gasteiger partial charge is 0.440 e. The van der Waals surface area contributed by atoms with Gasteiger partial charge in [0.1, 0.15) is 18.4 Å². The third kappa shape index (κ3) is 8.34. The molecule has 4 rings (SSSR count). The molecule has 1 heterocycles. The fraction of sp³-hybridized carbons (Fsp3) is 0.515. The lowest BCUT2D eigenvalue weighted by molar-refractivity contribution is -0.127. The molecule has 3 amide bonds. The number of benzene rings is 2. The quantitative estimate of drug-likeness (QED) is 0.275. The van der Waals surface area contributed by atoms with Crippen LogP contribution in [0.15, 0.2) is 54.6 Å². The molecule has 4 atom stereocenters. The Kier molecular flexibility index (Phi) is 11.0. The lowest BCUT2D eigenvalue weighted by Crippen LogP contribution is -2.52. The molecule has 9 heteroatoms. The maximum absolute atomic E-state index is 13.5. The molecule has 226 valence electrons. The van der Waals surface area contributed by atoms with Crippen molar-refractivity contribution >= 4 is 35.8 Å². The lowest BCUT2D eigenvalue weighted by Gasteiger charge is -2.35. The molecule has 2 fully saturated rings. The predicted molar refractivity (Wildman–Crippen MR) is 162 cm³/mol. The average molecular weight is 596 g/mol. The fourth-order valence-corrected chi connectivity index (χ4v) is 6.37. The van der Waals surface area contributed by atoms with Crippen molar-refractivity contribution in [1.82, 2.24) is 16.0 Å². The Morgan fingerprint density at radius 1 is 1.02 bits per heavy atom. The van der Waals surface area contributed by atoms with Gasteiger partial charge in [0.2, 0.25) is 11.8 Å². The summed E-state index contributed by atoms with van der Waals surface area (Å²) in [6.07, 6.45) is 5.86. The van der Waals surface area contributed by atoms with Crippen LogP contribution in [0.4, 0.5) is 4.79 Å². The van der Waals surface area contributed by atoms with E-state index in [4.69, 9.17) is 16.3 Å². The van der Waals surface area contributed by atoms with E-state index in [1.807, 2.05) is 62.4 Å². The third-order valence-electron chi connectivity index (χ3n) is 8.65. The van der Waals surface area contributed by atoms with E-state index < -0.39 is 35.6 Å². The number of halogens is 1. The first-order chi connectivity index (χ1) is 20.2. The smallest absolute Gasteiger partial charge is 0.408 e. The topological polar surface area (TPSA) is 114 Å². The highest BCUT2D eigenvalue weighted by Gasteiger charge is 2.37. The number of hydrogen-bond donors (Lipinski definition) is 3. The third-order valence-corrected chi connectivity index (χ3v) is 8.88. The van der Waals surface area contributed by atoms with Crippen molar-refractivity contribution in [2.75, 3.05) is 6.54 Å². The molecule has 1 saturated heterocycles. The van der Waals surface area contributed by atoms with E-state index in [9.17, 15) is 19.2 Å². The molecule has 1 aliphatic heterocycles. The summed E-state index contributed by atoms with van der Waals surface area (Å²) in [5.74, 6) is -0.599. The average Bonchev–Trinajstić information content (AvgIpc) is 3.39. The molecular formula is C33H42ClN3O5. The molecule has 42 heavy (non-hydrogen) atoms. The normalized spacial score (nSPS) is 19.7. The van der Waals surface area contributed by atoms with Crippen LogP contribution in [-0.4, -0.2) is 42.8 Å². The van der Waals surface area contributed by atoms with Crippen LogP contribution in [0.25, 0.3) is 0 Å². The second kappa shape index (κ2) is 14.7. The van der Waals surface area contributed by atoms with E-state index in [0.717, 1.165) is 43.2 Å². The second-order valence-corrected chi connectivity index (χ2v) is 12.6. The van der Waals surface area contributed by atoms with Crippen molar-refractivity contribution in [2.45, 2.75) is 88.8 Å². The van der Waals surface area contributed by atoms with Gasteiger partial charge in [-0.3, -0.25) is 9.59 Å². The van der Waals surface area contributed by atoms with Gasteiger partial charge in [-0.1, -0.05) is 100 Å². The summed E-state index contributed by atoms with van der Waals surface area (Å²) >= 11 is 6.31. The Hall–Kier alpha value is -3.39. The Bertz CT molecular complexity index is 1230. The van der Waals surface area contributed by atoms with Gasteiger partial charge >= 0.3 is 6.09 Å². The van der Waals surface area contributed by atoms with Gasteiger partial charge in [0.05, 0.1) is 6.04 Å². The van der Waals surface area contributed by atoms with Crippen LogP contribution >= 0.6 is 11.6 Å². The van der Waals surface area contributed by atoms with Gasteiger partial charge in [0, 0.05) is 22.9 Å². The molecule has 1 aliphatic carbocycles. The molecule has 0 radical (unpaired) electrons. The number of carbonyl (C=O) groups excluding carboxylic acids is 4. The maximum Gasteiger partial charge on any atom is 0.408 e. The summed E-state index contributed by atoms with van der Waals surface area (Å²) in [7, 11) is 0. The van der Waals surface area contributed by atoms with Gasteiger partial charge in [-0.15, -0.1) is 0 Å². The van der Waals surface area contributed by atoms with Crippen LogP contribution in [0.2, 0.25) is 5.02 Å². The van der Waals surface area contributed by atoms with Crippen LogP contribution in [0, 0.1) is 11.8 Å². The Labute approximate surface area is 253 Å². The first kappa shape index (κ1) is 31.5. The maximum atomic E-state index is 13.5. The zero-order valence-corrected chi connectivity index (χ0v) is 25.2. The van der Waals surface area contributed by atoms with Gasteiger partial charge in [-0.05, 0) is 48.4 Å². The van der Waals surface area contributed by atoms with E-state index in [1.165, 1.54) is 0 Å². The van der Waals surface area contributed by atoms with Crippen LogP contribution in [0.5, 0.6) is 0 Å². The molecule has 0 spiro atoms. The molecule has 0 aromatic heterocycles. The molecule has 8 nitrogen and oxygen atoms in total. The first-order valence-electron chi connectivity index (χ1n) is 15.0. The number of nitrogens with one attached hydrogen (secondary N) is 3. The minimum absolute atomic E-state index is 0.106. The summed E-state index contributed by atoms with van der Waals surface area (Å²) < 4.78 is 6.12. The summed E-state index contributed by atoms with van der Waals surface area (Å²) in [5.41, 5.74) is 1.05. The number of hydrogen-bond acceptors (Lipinski definition) is 5.